The van der Waals surface area contributed by atoms with Gasteiger partial charge in [-0.25, -0.2) is 0 Å². The zero-order valence-corrected chi connectivity index (χ0v) is 26.3. The minimum atomic E-state index is -0.279. The van der Waals surface area contributed by atoms with E-state index >= 15 is 0 Å². The number of aliphatic hydroxyl groups is 1. The van der Waals surface area contributed by atoms with Crippen molar-refractivity contribution in [3.63, 3.8) is 0 Å². The predicted octanol–water partition coefficient (Wildman–Crippen LogP) is 6.92. The highest BCUT2D eigenvalue weighted by Gasteiger charge is 2.67. The summed E-state index contributed by atoms with van der Waals surface area (Å²) in [5.41, 5.74) is 4.04. The number of nitrogens with zero attached hydrogens (tertiary/aromatic N) is 2. The van der Waals surface area contributed by atoms with Gasteiger partial charge in [0.25, 0.3) is 0 Å². The Morgan fingerprint density at radius 2 is 1.55 bits per heavy atom. The fraction of sp³-hybridized carbons (Fsp3) is 0.912. The molecular formula is C34H58N2O2. The highest BCUT2D eigenvalue weighted by Crippen LogP contribution is 2.74. The van der Waals surface area contributed by atoms with E-state index in [-0.39, 0.29) is 27.8 Å². The quantitative estimate of drug-likeness (QED) is 0.404. The number of fused-ring (bicyclic) bond motifs is 6. The Morgan fingerprint density at radius 3 is 2.24 bits per heavy atom. The molecule has 0 aromatic rings. The van der Waals surface area contributed by atoms with Gasteiger partial charge in [-0.15, -0.1) is 0 Å². The Labute approximate surface area is 234 Å². The second kappa shape index (κ2) is 9.33. The van der Waals surface area contributed by atoms with Gasteiger partial charge in [0.1, 0.15) is 0 Å². The van der Waals surface area contributed by atoms with Crippen molar-refractivity contribution in [3.05, 3.63) is 11.1 Å². The number of allylic oxidation sites excluding steroid dienone is 1. The summed E-state index contributed by atoms with van der Waals surface area (Å²) in [4.78, 5) is 18.6. The summed E-state index contributed by atoms with van der Waals surface area (Å²) in [5.74, 6) is 2.17. The van der Waals surface area contributed by atoms with Gasteiger partial charge in [-0.3, -0.25) is 4.79 Å². The molecule has 216 valence electrons. The fourth-order valence-electron chi connectivity index (χ4n) is 11.0. The van der Waals surface area contributed by atoms with Crippen molar-refractivity contribution in [1.82, 2.24) is 9.80 Å². The molecule has 0 radical (unpaired) electrons. The highest BCUT2D eigenvalue weighted by atomic mass is 16.3. The standard InChI is InChI=1S/C34H58N2O2/c1-23-24-12-15-33(6)28(31(24,4)14-13-27(23)37)11-10-25-26-22-30(2,3)16-18-34(26,19-17-32(25,33)5)29(38)36(9)21-20-35(7)8/h23-24,27-28,37H,10-22H2,1-9H3. The number of hydrogen-bond donors (Lipinski definition) is 1. The van der Waals surface area contributed by atoms with Crippen LogP contribution in [0.5, 0.6) is 0 Å². The lowest BCUT2D eigenvalue weighted by Crippen LogP contribution is -2.63. The molecule has 38 heavy (non-hydrogen) atoms. The average molecular weight is 527 g/mol. The molecule has 0 aromatic carbocycles. The number of hydrogen-bond acceptors (Lipinski definition) is 3. The summed E-state index contributed by atoms with van der Waals surface area (Å²) in [7, 11) is 6.25. The molecule has 0 saturated heterocycles. The van der Waals surface area contributed by atoms with E-state index < -0.39 is 0 Å². The molecule has 4 fully saturated rings. The second-order valence-corrected chi connectivity index (χ2v) is 16.4. The van der Waals surface area contributed by atoms with Crippen LogP contribution in [0.15, 0.2) is 11.1 Å². The molecule has 4 saturated carbocycles. The summed E-state index contributed by atoms with van der Waals surface area (Å²) in [6.07, 6.45) is 12.4. The topological polar surface area (TPSA) is 43.8 Å². The zero-order valence-electron chi connectivity index (χ0n) is 26.3. The van der Waals surface area contributed by atoms with Gasteiger partial charge in [-0.05, 0) is 124 Å². The minimum absolute atomic E-state index is 0.121. The maximum Gasteiger partial charge on any atom is 0.232 e. The summed E-state index contributed by atoms with van der Waals surface area (Å²) < 4.78 is 0. The predicted molar refractivity (Wildman–Crippen MR) is 157 cm³/mol. The van der Waals surface area contributed by atoms with Gasteiger partial charge in [0.2, 0.25) is 5.91 Å². The molecule has 0 bridgehead atoms. The third-order valence-corrected chi connectivity index (χ3v) is 13.7. The van der Waals surface area contributed by atoms with Gasteiger partial charge in [-0.2, -0.15) is 0 Å². The van der Waals surface area contributed by atoms with E-state index in [9.17, 15) is 9.90 Å². The minimum Gasteiger partial charge on any atom is -0.393 e. The van der Waals surface area contributed by atoms with E-state index in [4.69, 9.17) is 0 Å². The van der Waals surface area contributed by atoms with E-state index in [0.717, 1.165) is 51.6 Å². The van der Waals surface area contributed by atoms with Crippen molar-refractivity contribution in [1.29, 1.82) is 0 Å². The van der Waals surface area contributed by atoms with Crippen LogP contribution in [-0.2, 0) is 4.79 Å². The monoisotopic (exact) mass is 526 g/mol. The van der Waals surface area contributed by atoms with E-state index in [0.29, 0.717) is 29.1 Å². The molecule has 5 aliphatic carbocycles. The summed E-state index contributed by atoms with van der Waals surface area (Å²) in [6.45, 7) is 16.8. The highest BCUT2D eigenvalue weighted by molar-refractivity contribution is 5.87. The SMILES string of the molecule is CC1C(O)CCC2(C)C1CCC1(C)C2CCC2=C3CC(C)(C)CCC3(C(=O)N(C)CCN(C)C)CCC21C. The Bertz CT molecular complexity index is 985. The van der Waals surface area contributed by atoms with Crippen LogP contribution in [0.1, 0.15) is 112 Å². The number of amides is 1. The normalized spacial score (nSPS) is 46.1. The van der Waals surface area contributed by atoms with Gasteiger partial charge in [-0.1, -0.05) is 52.7 Å². The summed E-state index contributed by atoms with van der Waals surface area (Å²) in [5, 5.41) is 10.8. The van der Waals surface area contributed by atoms with Crippen LogP contribution < -0.4 is 0 Å². The van der Waals surface area contributed by atoms with Crippen LogP contribution in [0.4, 0.5) is 0 Å². The fourth-order valence-corrected chi connectivity index (χ4v) is 11.0. The molecule has 5 rings (SSSR count). The molecule has 0 spiro atoms. The molecular weight excluding hydrogens is 468 g/mol. The van der Waals surface area contributed by atoms with Gasteiger partial charge in [0.05, 0.1) is 11.5 Å². The van der Waals surface area contributed by atoms with Crippen LogP contribution in [0.2, 0.25) is 0 Å². The molecule has 0 aromatic heterocycles. The summed E-state index contributed by atoms with van der Waals surface area (Å²) >= 11 is 0. The maximum absolute atomic E-state index is 14.4. The van der Waals surface area contributed by atoms with Crippen LogP contribution in [0.3, 0.4) is 0 Å². The van der Waals surface area contributed by atoms with Gasteiger partial charge in [0.15, 0.2) is 0 Å². The van der Waals surface area contributed by atoms with Gasteiger partial charge >= 0.3 is 0 Å². The third-order valence-electron chi connectivity index (χ3n) is 13.7. The van der Waals surface area contributed by atoms with E-state index in [1.165, 1.54) is 32.1 Å². The lowest BCUT2D eigenvalue weighted by Gasteiger charge is -2.70. The van der Waals surface area contributed by atoms with E-state index in [2.05, 4.69) is 72.5 Å². The Kier molecular flexibility index (Phi) is 7.03. The average Bonchev–Trinajstić information content (AvgIpc) is 2.84. The molecule has 4 heteroatoms. The molecule has 5 aliphatic rings. The molecule has 0 aliphatic heterocycles. The molecule has 0 heterocycles. The molecule has 1 amide bonds. The maximum atomic E-state index is 14.4. The Balaban J connectivity index is 1.56. The first-order chi connectivity index (χ1) is 17.6. The smallest absolute Gasteiger partial charge is 0.232 e. The Hall–Kier alpha value is -0.870. The van der Waals surface area contributed by atoms with Gasteiger partial charge in [0, 0.05) is 20.1 Å². The van der Waals surface area contributed by atoms with Crippen molar-refractivity contribution >= 4 is 5.91 Å². The van der Waals surface area contributed by atoms with E-state index in [1.54, 1.807) is 11.1 Å². The molecule has 8 atom stereocenters. The van der Waals surface area contributed by atoms with Crippen LogP contribution in [-0.4, -0.2) is 61.2 Å². The van der Waals surface area contributed by atoms with Crippen molar-refractivity contribution in [2.24, 2.45) is 44.8 Å². The first-order valence-corrected chi connectivity index (χ1v) is 15.9. The van der Waals surface area contributed by atoms with Gasteiger partial charge < -0.3 is 14.9 Å². The van der Waals surface area contributed by atoms with Crippen molar-refractivity contribution in [2.75, 3.05) is 34.2 Å². The Morgan fingerprint density at radius 1 is 0.868 bits per heavy atom. The first-order valence-electron chi connectivity index (χ1n) is 15.9. The van der Waals surface area contributed by atoms with E-state index in [1.807, 2.05) is 0 Å². The molecule has 1 N–H and O–H groups in total. The summed E-state index contributed by atoms with van der Waals surface area (Å²) in [6, 6.07) is 0. The van der Waals surface area contributed by atoms with Crippen LogP contribution in [0.25, 0.3) is 0 Å². The molecule has 4 nitrogen and oxygen atoms in total. The number of carbonyl (C=O) groups excluding carboxylic acids is 1. The largest absolute Gasteiger partial charge is 0.393 e. The van der Waals surface area contributed by atoms with Crippen molar-refractivity contribution in [2.45, 2.75) is 118 Å². The molecule has 8 unspecified atom stereocenters. The number of aliphatic hydroxyl groups excluding tert-OH is 1. The lowest BCUT2D eigenvalue weighted by atomic mass is 9.35. The number of rotatable bonds is 4. The lowest BCUT2D eigenvalue weighted by molar-refractivity contribution is -0.181. The first kappa shape index (κ1) is 28.7. The van der Waals surface area contributed by atoms with Crippen LogP contribution >= 0.6 is 0 Å². The second-order valence-electron chi connectivity index (χ2n) is 16.4. The zero-order chi connectivity index (χ0) is 27.9. The van der Waals surface area contributed by atoms with Crippen molar-refractivity contribution in [3.8, 4) is 0 Å². The number of likely N-dealkylation sites (N-methyl/N-ethyl adjacent to an activating group) is 2. The van der Waals surface area contributed by atoms with Crippen LogP contribution in [0, 0.1) is 44.8 Å². The third kappa shape index (κ3) is 4.00. The number of carbonyl (C=O) groups is 1. The van der Waals surface area contributed by atoms with Crippen molar-refractivity contribution < 1.29 is 9.90 Å².